The molecule has 0 fully saturated rings. The number of esters is 1. The lowest BCUT2D eigenvalue weighted by atomic mass is 10.1. The van der Waals surface area contributed by atoms with E-state index in [9.17, 15) is 14.4 Å². The first kappa shape index (κ1) is 20.9. The number of halogens is 2. The number of hydrogen-bond acceptors (Lipinski definition) is 4. The monoisotopic (exact) mass is 407 g/mol. The van der Waals surface area contributed by atoms with Gasteiger partial charge in [-0.3, -0.25) is 9.59 Å². The summed E-state index contributed by atoms with van der Waals surface area (Å²) in [5.41, 5.74) is 1.08. The fraction of sp³-hybridized carbons (Fsp3) is 0.250. The Morgan fingerprint density at radius 1 is 0.963 bits per heavy atom. The topological polar surface area (TPSA) is 72.5 Å². The molecular formula is C20H19Cl2NO4. The van der Waals surface area contributed by atoms with Gasteiger partial charge in [0.15, 0.2) is 6.10 Å². The maximum absolute atomic E-state index is 12.5. The van der Waals surface area contributed by atoms with Gasteiger partial charge in [0.2, 0.25) is 11.7 Å². The average Bonchev–Trinajstić information content (AvgIpc) is 2.61. The molecule has 5 nitrogen and oxygen atoms in total. The summed E-state index contributed by atoms with van der Waals surface area (Å²) in [6.45, 7) is 5.06. The molecule has 142 valence electrons. The normalized spacial score (nSPS) is 11.8. The number of benzene rings is 2. The van der Waals surface area contributed by atoms with Crippen molar-refractivity contribution in [3.05, 3.63) is 63.6 Å². The molecule has 0 aliphatic rings. The highest BCUT2D eigenvalue weighted by Crippen LogP contribution is 2.22. The van der Waals surface area contributed by atoms with Gasteiger partial charge in [-0.2, -0.15) is 0 Å². The van der Waals surface area contributed by atoms with Crippen LogP contribution in [-0.4, -0.2) is 23.8 Å². The van der Waals surface area contributed by atoms with Crippen LogP contribution in [0.2, 0.25) is 10.0 Å². The van der Waals surface area contributed by atoms with Crippen molar-refractivity contribution in [3.8, 4) is 0 Å². The van der Waals surface area contributed by atoms with Crippen molar-refractivity contribution in [1.82, 2.24) is 0 Å². The van der Waals surface area contributed by atoms with Crippen molar-refractivity contribution >= 4 is 46.5 Å². The van der Waals surface area contributed by atoms with Gasteiger partial charge in [-0.25, -0.2) is 4.79 Å². The second-order valence-corrected chi connectivity index (χ2v) is 7.10. The van der Waals surface area contributed by atoms with Crippen LogP contribution in [0, 0.1) is 5.92 Å². The molecule has 0 bridgehead atoms. The van der Waals surface area contributed by atoms with E-state index in [1.54, 1.807) is 38.1 Å². The largest absolute Gasteiger partial charge is 0.451 e. The van der Waals surface area contributed by atoms with Crippen LogP contribution in [0.5, 0.6) is 0 Å². The summed E-state index contributed by atoms with van der Waals surface area (Å²) in [4.78, 5) is 36.4. The Kier molecular flexibility index (Phi) is 6.99. The average molecular weight is 408 g/mol. The summed E-state index contributed by atoms with van der Waals surface area (Å²) >= 11 is 11.8. The van der Waals surface area contributed by atoms with Gasteiger partial charge in [-0.1, -0.05) is 37.0 Å². The van der Waals surface area contributed by atoms with Crippen LogP contribution < -0.4 is 5.32 Å². The highest BCUT2D eigenvalue weighted by molar-refractivity contribution is 6.36. The summed E-state index contributed by atoms with van der Waals surface area (Å²) in [6.07, 6.45) is -1.000. The Morgan fingerprint density at radius 2 is 1.59 bits per heavy atom. The van der Waals surface area contributed by atoms with Gasteiger partial charge in [0, 0.05) is 22.2 Å². The first-order valence-electron chi connectivity index (χ1n) is 8.30. The second-order valence-electron chi connectivity index (χ2n) is 6.26. The molecule has 1 N–H and O–H groups in total. The Labute approximate surface area is 167 Å². The van der Waals surface area contributed by atoms with Crippen LogP contribution in [0.4, 0.5) is 5.69 Å². The van der Waals surface area contributed by atoms with E-state index in [1.165, 1.54) is 25.1 Å². The van der Waals surface area contributed by atoms with Crippen LogP contribution in [-0.2, 0) is 9.53 Å². The number of carbonyl (C=O) groups is 3. The van der Waals surface area contributed by atoms with E-state index < -0.39 is 12.1 Å². The predicted octanol–water partition coefficient (Wildman–Crippen LogP) is 5.02. The number of ether oxygens (including phenoxy) is 1. The lowest BCUT2D eigenvalue weighted by Crippen LogP contribution is -2.24. The van der Waals surface area contributed by atoms with E-state index in [0.29, 0.717) is 16.3 Å². The molecule has 0 radical (unpaired) electrons. The number of carbonyl (C=O) groups excluding carboxylic acids is 3. The smallest absolute Gasteiger partial charge is 0.340 e. The van der Waals surface area contributed by atoms with Crippen molar-refractivity contribution in [2.75, 3.05) is 5.32 Å². The summed E-state index contributed by atoms with van der Waals surface area (Å²) in [6, 6.07) is 10.8. The highest BCUT2D eigenvalue weighted by atomic mass is 35.5. The Hall–Kier alpha value is -2.37. The van der Waals surface area contributed by atoms with Gasteiger partial charge in [0.25, 0.3) is 0 Å². The molecule has 0 saturated heterocycles. The summed E-state index contributed by atoms with van der Waals surface area (Å²) in [7, 11) is 0. The SMILES string of the molecule is CC(C)C(=O)Nc1ccc(C(=O)[C@@H](C)OC(=O)c2ccc(Cl)cc2Cl)cc1. The van der Waals surface area contributed by atoms with Gasteiger partial charge in [0.1, 0.15) is 0 Å². The van der Waals surface area contributed by atoms with Crippen LogP contribution in [0.3, 0.4) is 0 Å². The van der Waals surface area contributed by atoms with Crippen molar-refractivity contribution in [2.24, 2.45) is 5.92 Å². The number of nitrogens with one attached hydrogen (secondary N) is 1. The molecule has 27 heavy (non-hydrogen) atoms. The minimum Gasteiger partial charge on any atom is -0.451 e. The molecule has 0 aliphatic carbocycles. The van der Waals surface area contributed by atoms with E-state index in [-0.39, 0.29) is 28.2 Å². The molecule has 0 aliphatic heterocycles. The fourth-order valence-corrected chi connectivity index (χ4v) is 2.66. The van der Waals surface area contributed by atoms with Gasteiger partial charge < -0.3 is 10.1 Å². The summed E-state index contributed by atoms with van der Waals surface area (Å²) < 4.78 is 5.21. The minimum absolute atomic E-state index is 0.115. The molecule has 0 spiro atoms. The fourth-order valence-electron chi connectivity index (χ4n) is 2.17. The molecule has 0 saturated carbocycles. The molecule has 0 aromatic heterocycles. The molecule has 7 heteroatoms. The number of Topliss-reactive ketones (excluding diaryl/α,β-unsaturated/α-hetero) is 1. The van der Waals surface area contributed by atoms with Crippen molar-refractivity contribution in [2.45, 2.75) is 26.9 Å². The van der Waals surface area contributed by atoms with Crippen LogP contribution in [0.1, 0.15) is 41.5 Å². The summed E-state index contributed by atoms with van der Waals surface area (Å²) in [5.74, 6) is -1.34. The molecule has 1 amide bonds. The number of ketones is 1. The Balaban J connectivity index is 2.04. The zero-order valence-electron chi connectivity index (χ0n) is 15.1. The maximum atomic E-state index is 12.5. The molecule has 2 aromatic carbocycles. The van der Waals surface area contributed by atoms with Crippen molar-refractivity contribution in [3.63, 3.8) is 0 Å². The van der Waals surface area contributed by atoms with Gasteiger partial charge >= 0.3 is 5.97 Å². The second kappa shape index (κ2) is 9.02. The number of amides is 1. The van der Waals surface area contributed by atoms with Crippen LogP contribution in [0.15, 0.2) is 42.5 Å². The Morgan fingerprint density at radius 3 is 2.15 bits per heavy atom. The van der Waals surface area contributed by atoms with Gasteiger partial charge in [-0.15, -0.1) is 0 Å². The predicted molar refractivity (Wildman–Crippen MR) is 106 cm³/mol. The first-order valence-corrected chi connectivity index (χ1v) is 9.05. The molecular weight excluding hydrogens is 389 g/mol. The van der Waals surface area contributed by atoms with E-state index >= 15 is 0 Å². The minimum atomic E-state index is -1.000. The number of hydrogen-bond donors (Lipinski definition) is 1. The quantitative estimate of drug-likeness (QED) is 0.538. The zero-order valence-corrected chi connectivity index (χ0v) is 16.6. The molecule has 0 heterocycles. The van der Waals surface area contributed by atoms with Gasteiger partial charge in [-0.05, 0) is 49.4 Å². The molecule has 1 atom stereocenters. The van der Waals surface area contributed by atoms with Crippen molar-refractivity contribution < 1.29 is 19.1 Å². The highest BCUT2D eigenvalue weighted by Gasteiger charge is 2.22. The molecule has 0 unspecified atom stereocenters. The third-order valence-corrected chi connectivity index (χ3v) is 4.31. The van der Waals surface area contributed by atoms with E-state index in [1.807, 2.05) is 0 Å². The molecule has 2 rings (SSSR count). The Bertz CT molecular complexity index is 863. The molecule has 2 aromatic rings. The van der Waals surface area contributed by atoms with E-state index in [4.69, 9.17) is 27.9 Å². The zero-order chi connectivity index (χ0) is 20.1. The number of rotatable bonds is 6. The van der Waals surface area contributed by atoms with E-state index in [0.717, 1.165) is 0 Å². The van der Waals surface area contributed by atoms with Crippen LogP contribution in [0.25, 0.3) is 0 Å². The first-order chi connectivity index (χ1) is 12.7. The van der Waals surface area contributed by atoms with Crippen LogP contribution >= 0.6 is 23.2 Å². The summed E-state index contributed by atoms with van der Waals surface area (Å²) in [5, 5.41) is 3.28. The third kappa shape index (κ3) is 5.55. The van der Waals surface area contributed by atoms with Crippen molar-refractivity contribution in [1.29, 1.82) is 0 Å². The maximum Gasteiger partial charge on any atom is 0.340 e. The lowest BCUT2D eigenvalue weighted by molar-refractivity contribution is -0.118. The number of anilines is 1. The third-order valence-electron chi connectivity index (χ3n) is 3.77. The van der Waals surface area contributed by atoms with Gasteiger partial charge in [0.05, 0.1) is 10.6 Å². The van der Waals surface area contributed by atoms with E-state index in [2.05, 4.69) is 5.32 Å². The standard InChI is InChI=1S/C20H19Cl2NO4/c1-11(2)19(25)23-15-7-4-13(5-8-15)18(24)12(3)27-20(26)16-9-6-14(21)10-17(16)22/h4-12H,1-3H3,(H,23,25)/t12-/m1/s1. The lowest BCUT2D eigenvalue weighted by Gasteiger charge is -2.14.